The first-order valence-electron chi connectivity index (χ1n) is 6.82. The van der Waals surface area contributed by atoms with Gasteiger partial charge in [0.1, 0.15) is 10.7 Å². The van der Waals surface area contributed by atoms with Crippen molar-refractivity contribution >= 4 is 15.7 Å². The molecule has 0 saturated carbocycles. The molecule has 5 heteroatoms. The summed E-state index contributed by atoms with van der Waals surface area (Å²) in [7, 11) is -3.27. The van der Waals surface area contributed by atoms with Gasteiger partial charge >= 0.3 is 0 Å². The van der Waals surface area contributed by atoms with Gasteiger partial charge in [-0.3, -0.25) is 0 Å². The van der Waals surface area contributed by atoms with Crippen LogP contribution in [-0.2, 0) is 16.3 Å². The molecule has 1 heterocycles. The molecule has 2 rings (SSSR count). The third kappa shape index (κ3) is 4.29. The van der Waals surface area contributed by atoms with E-state index in [9.17, 15) is 8.42 Å². The molecule has 112 valence electrons. The molecule has 0 aliphatic rings. The van der Waals surface area contributed by atoms with Crippen molar-refractivity contribution in [1.29, 1.82) is 0 Å². The number of nitrogens with one attached hydrogen (secondary N) is 1. The van der Waals surface area contributed by atoms with Gasteiger partial charge < -0.3 is 5.32 Å². The molecule has 0 amide bonds. The lowest BCUT2D eigenvalue weighted by Gasteiger charge is -2.10. The predicted molar refractivity (Wildman–Crippen MR) is 85.5 cm³/mol. The smallest absolute Gasteiger partial charge is 0.179 e. The first kappa shape index (κ1) is 15.5. The number of benzene rings is 1. The van der Waals surface area contributed by atoms with Gasteiger partial charge in [-0.25, -0.2) is 13.4 Å². The van der Waals surface area contributed by atoms with Crippen LogP contribution in [0.4, 0.5) is 5.82 Å². The van der Waals surface area contributed by atoms with Crippen molar-refractivity contribution in [3.05, 3.63) is 53.2 Å². The number of hydrogen-bond acceptors (Lipinski definition) is 4. The summed E-state index contributed by atoms with van der Waals surface area (Å²) in [5, 5.41) is 3.12. The maximum Gasteiger partial charge on any atom is 0.179 e. The van der Waals surface area contributed by atoms with E-state index in [-0.39, 0.29) is 4.90 Å². The number of aryl methyl sites for hydroxylation is 2. The van der Waals surface area contributed by atoms with Crippen LogP contribution >= 0.6 is 0 Å². The lowest BCUT2D eigenvalue weighted by molar-refractivity contribution is 0.602. The highest BCUT2D eigenvalue weighted by molar-refractivity contribution is 7.90. The molecule has 0 unspecified atom stereocenters. The number of hydrogen-bond donors (Lipinski definition) is 1. The maximum absolute atomic E-state index is 11.7. The molecule has 0 spiro atoms. The Labute approximate surface area is 126 Å². The topological polar surface area (TPSA) is 59.1 Å². The molecule has 0 atom stereocenters. The second-order valence-corrected chi connectivity index (χ2v) is 7.28. The van der Waals surface area contributed by atoms with E-state index in [0.29, 0.717) is 12.4 Å². The Morgan fingerprint density at radius 1 is 1.14 bits per heavy atom. The summed E-state index contributed by atoms with van der Waals surface area (Å²) >= 11 is 0. The number of nitrogens with zero attached hydrogens (tertiary/aromatic N) is 1. The van der Waals surface area contributed by atoms with Crippen LogP contribution in [0.3, 0.4) is 0 Å². The van der Waals surface area contributed by atoms with E-state index >= 15 is 0 Å². The molecule has 0 aliphatic heterocycles. The molecule has 1 aromatic heterocycles. The zero-order valence-electron chi connectivity index (χ0n) is 12.6. The normalized spacial score (nSPS) is 11.4. The number of sulfone groups is 1. The second-order valence-electron chi connectivity index (χ2n) is 5.30. The summed E-state index contributed by atoms with van der Waals surface area (Å²) in [6.45, 7) is 4.79. The molecule has 1 aromatic carbocycles. The van der Waals surface area contributed by atoms with Crippen molar-refractivity contribution in [3.63, 3.8) is 0 Å². The molecular weight excluding hydrogens is 284 g/mol. The molecule has 1 N–H and O–H groups in total. The zero-order valence-corrected chi connectivity index (χ0v) is 13.4. The number of aromatic nitrogens is 1. The Morgan fingerprint density at radius 2 is 1.81 bits per heavy atom. The van der Waals surface area contributed by atoms with Gasteiger partial charge in [0.2, 0.25) is 0 Å². The summed E-state index contributed by atoms with van der Waals surface area (Å²) in [6, 6.07) is 9.62. The van der Waals surface area contributed by atoms with Gasteiger partial charge in [0.05, 0.1) is 0 Å². The van der Waals surface area contributed by atoms with E-state index in [1.54, 1.807) is 18.3 Å². The number of rotatable bonds is 5. The Bertz CT molecular complexity index is 719. The van der Waals surface area contributed by atoms with E-state index in [2.05, 4.69) is 42.3 Å². The van der Waals surface area contributed by atoms with Gasteiger partial charge in [-0.1, -0.05) is 29.3 Å². The van der Waals surface area contributed by atoms with Gasteiger partial charge in [-0.2, -0.15) is 0 Å². The largest absolute Gasteiger partial charge is 0.369 e. The van der Waals surface area contributed by atoms with E-state index in [0.717, 1.165) is 6.42 Å². The van der Waals surface area contributed by atoms with Crippen LogP contribution in [-0.4, -0.2) is 26.2 Å². The Morgan fingerprint density at radius 3 is 2.43 bits per heavy atom. The molecule has 0 aliphatic carbocycles. The fraction of sp³-hybridized carbons (Fsp3) is 0.312. The highest BCUT2D eigenvalue weighted by Crippen LogP contribution is 2.18. The summed E-state index contributed by atoms with van der Waals surface area (Å²) in [6.07, 6.45) is 3.61. The molecule has 0 saturated heterocycles. The van der Waals surface area contributed by atoms with E-state index in [1.165, 1.54) is 22.9 Å². The minimum atomic E-state index is -3.27. The average molecular weight is 304 g/mol. The van der Waals surface area contributed by atoms with Gasteiger partial charge in [0.25, 0.3) is 0 Å². The monoisotopic (exact) mass is 304 g/mol. The minimum Gasteiger partial charge on any atom is -0.369 e. The second kappa shape index (κ2) is 6.26. The van der Waals surface area contributed by atoms with Crippen LogP contribution in [0.1, 0.15) is 16.7 Å². The summed E-state index contributed by atoms with van der Waals surface area (Å²) in [5.74, 6) is 0.421. The molecule has 2 aromatic rings. The summed E-state index contributed by atoms with van der Waals surface area (Å²) in [4.78, 5) is 4.36. The van der Waals surface area contributed by atoms with E-state index in [4.69, 9.17) is 0 Å². The third-order valence-corrected chi connectivity index (χ3v) is 4.29. The lowest BCUT2D eigenvalue weighted by Crippen LogP contribution is -2.11. The minimum absolute atomic E-state index is 0.241. The van der Waals surface area contributed by atoms with Crippen molar-refractivity contribution in [3.8, 4) is 0 Å². The van der Waals surface area contributed by atoms with Gasteiger partial charge in [0, 0.05) is 19.0 Å². The van der Waals surface area contributed by atoms with E-state index < -0.39 is 9.84 Å². The molecule has 0 fully saturated rings. The van der Waals surface area contributed by atoms with Crippen molar-refractivity contribution in [2.75, 3.05) is 18.1 Å². The van der Waals surface area contributed by atoms with Crippen molar-refractivity contribution in [2.24, 2.45) is 0 Å². The van der Waals surface area contributed by atoms with Crippen LogP contribution in [0.5, 0.6) is 0 Å². The fourth-order valence-electron chi connectivity index (χ4n) is 2.36. The number of pyridine rings is 1. The van der Waals surface area contributed by atoms with Crippen LogP contribution in [0.2, 0.25) is 0 Å². The van der Waals surface area contributed by atoms with Crippen LogP contribution in [0, 0.1) is 13.8 Å². The third-order valence-electron chi connectivity index (χ3n) is 3.16. The SMILES string of the molecule is Cc1cc(C)cc(CCNc2ncccc2S(C)(=O)=O)c1. The van der Waals surface area contributed by atoms with Gasteiger partial charge in [-0.05, 0) is 38.0 Å². The Kier molecular flexibility index (Phi) is 4.63. The summed E-state index contributed by atoms with van der Waals surface area (Å²) in [5.41, 5.74) is 3.70. The van der Waals surface area contributed by atoms with Crippen LogP contribution in [0.15, 0.2) is 41.4 Å². The maximum atomic E-state index is 11.7. The zero-order chi connectivity index (χ0) is 15.5. The molecule has 21 heavy (non-hydrogen) atoms. The van der Waals surface area contributed by atoms with Crippen LogP contribution in [0.25, 0.3) is 0 Å². The predicted octanol–water partition coefficient (Wildman–Crippen LogP) is 2.76. The van der Waals surface area contributed by atoms with Gasteiger partial charge in [-0.15, -0.1) is 0 Å². The molecule has 0 bridgehead atoms. The molecule has 4 nitrogen and oxygen atoms in total. The van der Waals surface area contributed by atoms with Gasteiger partial charge in [0.15, 0.2) is 9.84 Å². The first-order valence-corrected chi connectivity index (χ1v) is 8.71. The lowest BCUT2D eigenvalue weighted by atomic mass is 10.1. The fourth-order valence-corrected chi connectivity index (χ4v) is 3.16. The quantitative estimate of drug-likeness (QED) is 0.923. The number of anilines is 1. The Balaban J connectivity index is 2.07. The molecule has 0 radical (unpaired) electrons. The first-order chi connectivity index (χ1) is 9.86. The van der Waals surface area contributed by atoms with Crippen molar-refractivity contribution in [1.82, 2.24) is 4.98 Å². The molecular formula is C16H20N2O2S. The Hall–Kier alpha value is -1.88. The highest BCUT2D eigenvalue weighted by atomic mass is 32.2. The summed E-state index contributed by atoms with van der Waals surface area (Å²) < 4.78 is 23.4. The van der Waals surface area contributed by atoms with Crippen molar-refractivity contribution in [2.45, 2.75) is 25.2 Å². The standard InChI is InChI=1S/C16H20N2O2S/c1-12-9-13(2)11-14(10-12)6-8-18-16-15(21(3,19)20)5-4-7-17-16/h4-5,7,9-11H,6,8H2,1-3H3,(H,17,18). The van der Waals surface area contributed by atoms with E-state index in [1.807, 2.05) is 0 Å². The average Bonchev–Trinajstić information content (AvgIpc) is 2.37. The van der Waals surface area contributed by atoms with Crippen LogP contribution < -0.4 is 5.32 Å². The van der Waals surface area contributed by atoms with Crippen molar-refractivity contribution < 1.29 is 8.42 Å². The highest BCUT2D eigenvalue weighted by Gasteiger charge is 2.13.